The van der Waals surface area contributed by atoms with Crippen LogP contribution < -0.4 is 5.73 Å². The molecule has 2 N–H and O–H groups in total. The molecule has 1 fully saturated rings. The minimum atomic E-state index is 0.727. The maximum atomic E-state index is 5.77. The van der Waals surface area contributed by atoms with Gasteiger partial charge in [-0.2, -0.15) is 0 Å². The van der Waals surface area contributed by atoms with Crippen molar-refractivity contribution in [1.29, 1.82) is 0 Å². The second-order valence-electron chi connectivity index (χ2n) is 4.48. The van der Waals surface area contributed by atoms with E-state index in [1.54, 1.807) is 6.33 Å². The number of benzene rings is 1. The monoisotopic (exact) mass is 245 g/mol. The molecular weight excluding hydrogens is 230 g/mol. The van der Waals surface area contributed by atoms with Gasteiger partial charge >= 0.3 is 0 Å². The highest BCUT2D eigenvalue weighted by molar-refractivity contribution is 8.00. The summed E-state index contributed by atoms with van der Waals surface area (Å²) in [7, 11) is 0. The van der Waals surface area contributed by atoms with E-state index in [0.29, 0.717) is 0 Å². The zero-order chi connectivity index (χ0) is 11.7. The minimum absolute atomic E-state index is 0.727. The third-order valence-electron chi connectivity index (χ3n) is 3.20. The Balaban J connectivity index is 1.97. The molecule has 3 nitrogen and oxygen atoms in total. The number of anilines is 1. The van der Waals surface area contributed by atoms with Gasteiger partial charge in [0.25, 0.3) is 0 Å². The van der Waals surface area contributed by atoms with Crippen molar-refractivity contribution in [3.05, 3.63) is 24.5 Å². The van der Waals surface area contributed by atoms with Gasteiger partial charge < -0.3 is 5.73 Å². The Hall–Kier alpha value is -1.29. The molecule has 1 aliphatic rings. The van der Waals surface area contributed by atoms with Crippen molar-refractivity contribution in [3.8, 4) is 0 Å². The fraction of sp³-hybridized carbons (Fsp3) is 0.385. The second-order valence-corrected chi connectivity index (χ2v) is 5.77. The van der Waals surface area contributed by atoms with E-state index < -0.39 is 0 Å². The Morgan fingerprint density at radius 3 is 2.82 bits per heavy atom. The predicted octanol–water partition coefficient (Wildman–Crippen LogP) is 3.25. The molecule has 1 aliphatic carbocycles. The van der Waals surface area contributed by atoms with Crippen LogP contribution in [0.1, 0.15) is 25.7 Å². The molecule has 0 radical (unpaired) electrons. The predicted molar refractivity (Wildman–Crippen MR) is 72.1 cm³/mol. The Kier molecular flexibility index (Phi) is 2.89. The van der Waals surface area contributed by atoms with Gasteiger partial charge in [0.05, 0.1) is 5.52 Å². The van der Waals surface area contributed by atoms with Crippen LogP contribution in [-0.2, 0) is 0 Å². The van der Waals surface area contributed by atoms with Gasteiger partial charge in [0, 0.05) is 16.3 Å². The summed E-state index contributed by atoms with van der Waals surface area (Å²) in [5, 5.41) is 2.95. The minimum Gasteiger partial charge on any atom is -0.399 e. The van der Waals surface area contributed by atoms with Gasteiger partial charge in [-0.3, -0.25) is 0 Å². The van der Waals surface area contributed by atoms with Crippen LogP contribution in [-0.4, -0.2) is 15.2 Å². The second kappa shape index (κ2) is 4.53. The maximum Gasteiger partial charge on any atom is 0.117 e. The molecule has 0 spiro atoms. The Labute approximate surface area is 105 Å². The number of fused-ring (bicyclic) bond motifs is 1. The van der Waals surface area contributed by atoms with Crippen LogP contribution in [0.4, 0.5) is 5.69 Å². The topological polar surface area (TPSA) is 51.8 Å². The summed E-state index contributed by atoms with van der Waals surface area (Å²) < 4.78 is 0. The molecule has 4 heteroatoms. The molecule has 0 bridgehead atoms. The normalized spacial score (nSPS) is 16.7. The lowest BCUT2D eigenvalue weighted by atomic mass is 10.2. The van der Waals surface area contributed by atoms with E-state index in [1.807, 2.05) is 30.0 Å². The SMILES string of the molecule is Nc1ccc2c(SC3CCCC3)ncnc2c1. The summed E-state index contributed by atoms with van der Waals surface area (Å²) in [4.78, 5) is 8.68. The summed E-state index contributed by atoms with van der Waals surface area (Å²) in [6.07, 6.45) is 6.97. The summed E-state index contributed by atoms with van der Waals surface area (Å²) in [5.41, 5.74) is 7.47. The first-order valence-corrected chi connectivity index (χ1v) is 6.88. The van der Waals surface area contributed by atoms with Gasteiger partial charge in [0.2, 0.25) is 0 Å². The van der Waals surface area contributed by atoms with Crippen molar-refractivity contribution in [2.75, 3.05) is 5.73 Å². The van der Waals surface area contributed by atoms with Crippen molar-refractivity contribution in [1.82, 2.24) is 9.97 Å². The molecule has 1 aromatic heterocycles. The Bertz CT molecular complexity index is 535. The van der Waals surface area contributed by atoms with E-state index in [0.717, 1.165) is 26.9 Å². The number of rotatable bonds is 2. The quantitative estimate of drug-likeness (QED) is 0.652. The molecule has 0 amide bonds. The van der Waals surface area contributed by atoms with Crippen LogP contribution in [0.15, 0.2) is 29.6 Å². The molecule has 17 heavy (non-hydrogen) atoms. The van der Waals surface area contributed by atoms with E-state index in [9.17, 15) is 0 Å². The van der Waals surface area contributed by atoms with Crippen LogP contribution in [0.2, 0.25) is 0 Å². The molecule has 3 rings (SSSR count). The molecule has 0 saturated heterocycles. The van der Waals surface area contributed by atoms with Crippen molar-refractivity contribution in [3.63, 3.8) is 0 Å². The lowest BCUT2D eigenvalue weighted by Gasteiger charge is -2.09. The maximum absolute atomic E-state index is 5.77. The third kappa shape index (κ3) is 2.22. The smallest absolute Gasteiger partial charge is 0.117 e. The highest BCUT2D eigenvalue weighted by Gasteiger charge is 2.18. The summed E-state index contributed by atoms with van der Waals surface area (Å²) in [5.74, 6) is 0. The van der Waals surface area contributed by atoms with Crippen molar-refractivity contribution in [2.24, 2.45) is 0 Å². The van der Waals surface area contributed by atoms with Crippen LogP contribution in [0.25, 0.3) is 10.9 Å². The highest BCUT2D eigenvalue weighted by Crippen LogP contribution is 2.36. The van der Waals surface area contributed by atoms with Crippen molar-refractivity contribution < 1.29 is 0 Å². The number of hydrogen-bond donors (Lipinski definition) is 1. The van der Waals surface area contributed by atoms with Crippen molar-refractivity contribution in [2.45, 2.75) is 36.0 Å². The van der Waals surface area contributed by atoms with Gasteiger partial charge in [-0.15, -0.1) is 11.8 Å². The lowest BCUT2D eigenvalue weighted by Crippen LogP contribution is -1.96. The van der Waals surface area contributed by atoms with Crippen molar-refractivity contribution >= 4 is 28.4 Å². The molecule has 88 valence electrons. The fourth-order valence-electron chi connectivity index (χ4n) is 2.31. The van der Waals surface area contributed by atoms with Gasteiger partial charge in [-0.25, -0.2) is 9.97 Å². The molecule has 1 aromatic carbocycles. The molecule has 1 heterocycles. The number of nitrogens with two attached hydrogens (primary N) is 1. The summed E-state index contributed by atoms with van der Waals surface area (Å²) in [6, 6.07) is 5.86. The Morgan fingerprint density at radius 2 is 2.00 bits per heavy atom. The zero-order valence-corrected chi connectivity index (χ0v) is 10.4. The molecule has 0 unspecified atom stereocenters. The van der Waals surface area contributed by atoms with Crippen LogP contribution >= 0.6 is 11.8 Å². The zero-order valence-electron chi connectivity index (χ0n) is 9.60. The Morgan fingerprint density at radius 1 is 1.18 bits per heavy atom. The van der Waals surface area contributed by atoms with Gasteiger partial charge in [0.1, 0.15) is 11.4 Å². The fourth-order valence-corrected chi connectivity index (χ4v) is 3.60. The van der Waals surface area contributed by atoms with E-state index in [-0.39, 0.29) is 0 Å². The number of nitrogen functional groups attached to an aromatic ring is 1. The molecule has 2 aromatic rings. The first-order valence-electron chi connectivity index (χ1n) is 6.00. The number of aromatic nitrogens is 2. The summed E-state index contributed by atoms with van der Waals surface area (Å²) in [6.45, 7) is 0. The highest BCUT2D eigenvalue weighted by atomic mass is 32.2. The van der Waals surface area contributed by atoms with Crippen LogP contribution in [0, 0.1) is 0 Å². The molecule has 1 saturated carbocycles. The van der Waals surface area contributed by atoms with E-state index >= 15 is 0 Å². The lowest BCUT2D eigenvalue weighted by molar-refractivity contribution is 0.886. The number of hydrogen-bond acceptors (Lipinski definition) is 4. The number of thioether (sulfide) groups is 1. The van der Waals surface area contributed by atoms with E-state index in [1.165, 1.54) is 25.7 Å². The van der Waals surface area contributed by atoms with Crippen LogP contribution in [0.5, 0.6) is 0 Å². The van der Waals surface area contributed by atoms with Gasteiger partial charge in [0.15, 0.2) is 0 Å². The average molecular weight is 245 g/mol. The average Bonchev–Trinajstić information content (AvgIpc) is 2.82. The summed E-state index contributed by atoms with van der Waals surface area (Å²) >= 11 is 1.89. The van der Waals surface area contributed by atoms with E-state index in [4.69, 9.17) is 5.73 Å². The largest absolute Gasteiger partial charge is 0.399 e. The van der Waals surface area contributed by atoms with E-state index in [2.05, 4.69) is 9.97 Å². The molecule has 0 atom stereocenters. The third-order valence-corrected chi connectivity index (χ3v) is 4.56. The molecule has 0 aliphatic heterocycles. The van der Waals surface area contributed by atoms with Gasteiger partial charge in [-0.1, -0.05) is 12.8 Å². The number of nitrogens with zero attached hydrogens (tertiary/aromatic N) is 2. The van der Waals surface area contributed by atoms with Gasteiger partial charge in [-0.05, 0) is 31.0 Å². The first-order chi connectivity index (χ1) is 8.33. The standard InChI is InChI=1S/C13H15N3S/c14-9-5-6-11-12(7-9)15-8-16-13(11)17-10-3-1-2-4-10/h5-8,10H,1-4,14H2. The molecular formula is C13H15N3S. The first kappa shape index (κ1) is 10.8. The van der Waals surface area contributed by atoms with Crippen LogP contribution in [0.3, 0.4) is 0 Å².